The van der Waals surface area contributed by atoms with Crippen LogP contribution in [0.1, 0.15) is 42.7 Å². The topological polar surface area (TPSA) is 41.6 Å². The van der Waals surface area contributed by atoms with E-state index in [0.717, 1.165) is 37.1 Å². The Hall–Kier alpha value is -1.69. The second-order valence-electron chi connectivity index (χ2n) is 7.21. The molecule has 1 N–H and O–H groups in total. The van der Waals surface area contributed by atoms with Crippen molar-refractivity contribution in [1.82, 2.24) is 10.2 Å². The van der Waals surface area contributed by atoms with E-state index in [1.54, 1.807) is 7.11 Å². The molecule has 2 fully saturated rings. The number of nitrogens with one attached hydrogen (secondary N) is 1. The summed E-state index contributed by atoms with van der Waals surface area (Å²) in [5.41, 5.74) is 1.80. The predicted molar refractivity (Wildman–Crippen MR) is 96.9 cm³/mol. The minimum absolute atomic E-state index is 0.00667. The van der Waals surface area contributed by atoms with Gasteiger partial charge in [-0.05, 0) is 42.9 Å². The molecular formula is C20H28F2N2O2. The molecule has 2 aliphatic rings. The molecule has 0 saturated carbocycles. The van der Waals surface area contributed by atoms with Gasteiger partial charge in [0.25, 0.3) is 0 Å². The molecule has 2 atom stereocenters. The zero-order chi connectivity index (χ0) is 18.5. The summed E-state index contributed by atoms with van der Waals surface area (Å²) in [6, 6.07) is 5.67. The zero-order valence-corrected chi connectivity index (χ0v) is 15.3. The number of carbonyl (C=O) groups is 1. The van der Waals surface area contributed by atoms with Gasteiger partial charge in [0, 0.05) is 38.5 Å². The third-order valence-electron chi connectivity index (χ3n) is 5.60. The Bertz CT molecular complexity index is 618. The van der Waals surface area contributed by atoms with Crippen molar-refractivity contribution in [1.29, 1.82) is 0 Å². The molecule has 6 heteroatoms. The van der Waals surface area contributed by atoms with E-state index in [1.807, 2.05) is 23.1 Å². The lowest BCUT2D eigenvalue weighted by Crippen LogP contribution is -2.41. The molecule has 1 amide bonds. The van der Waals surface area contributed by atoms with Crippen LogP contribution in [0.3, 0.4) is 0 Å². The fraction of sp³-hybridized carbons (Fsp3) is 0.650. The highest BCUT2D eigenvalue weighted by Crippen LogP contribution is 2.36. The Kier molecular flexibility index (Phi) is 6.46. The SMILES string of the molecule is COc1cccc([C@@H]2CNCC2C(=O)N2CCCCC2)c1CCC(F)F. The fourth-order valence-electron chi connectivity index (χ4n) is 4.26. The summed E-state index contributed by atoms with van der Waals surface area (Å²) in [5, 5.41) is 3.33. The molecule has 0 aromatic heterocycles. The first kappa shape index (κ1) is 19.1. The van der Waals surface area contributed by atoms with E-state index in [9.17, 15) is 13.6 Å². The van der Waals surface area contributed by atoms with E-state index < -0.39 is 6.43 Å². The largest absolute Gasteiger partial charge is 0.496 e. The summed E-state index contributed by atoms with van der Waals surface area (Å²) < 4.78 is 31.0. The molecule has 2 aliphatic heterocycles. The fourth-order valence-corrected chi connectivity index (χ4v) is 4.26. The molecule has 2 saturated heterocycles. The summed E-state index contributed by atoms with van der Waals surface area (Å²) in [4.78, 5) is 15.0. The molecule has 0 aliphatic carbocycles. The van der Waals surface area contributed by atoms with Crippen molar-refractivity contribution in [3.8, 4) is 5.75 Å². The van der Waals surface area contributed by atoms with Crippen LogP contribution in [0.15, 0.2) is 18.2 Å². The van der Waals surface area contributed by atoms with Crippen LogP contribution in [0.5, 0.6) is 5.75 Å². The third kappa shape index (κ3) is 4.17. The van der Waals surface area contributed by atoms with Gasteiger partial charge in [-0.1, -0.05) is 12.1 Å². The maximum Gasteiger partial charge on any atom is 0.239 e. The Morgan fingerprint density at radius 3 is 2.73 bits per heavy atom. The first-order valence-corrected chi connectivity index (χ1v) is 9.55. The van der Waals surface area contributed by atoms with E-state index in [1.165, 1.54) is 6.42 Å². The predicted octanol–water partition coefficient (Wildman–Crippen LogP) is 3.21. The lowest BCUT2D eigenvalue weighted by molar-refractivity contribution is -0.136. The quantitative estimate of drug-likeness (QED) is 0.841. The number of hydrogen-bond donors (Lipinski definition) is 1. The van der Waals surface area contributed by atoms with Gasteiger partial charge >= 0.3 is 0 Å². The number of alkyl halides is 2. The summed E-state index contributed by atoms with van der Waals surface area (Å²) in [5.74, 6) is 0.708. The highest BCUT2D eigenvalue weighted by Gasteiger charge is 2.38. The molecule has 0 radical (unpaired) electrons. The number of piperidine rings is 1. The van der Waals surface area contributed by atoms with E-state index in [0.29, 0.717) is 18.8 Å². The number of methoxy groups -OCH3 is 1. The van der Waals surface area contributed by atoms with Gasteiger partial charge in [0.15, 0.2) is 0 Å². The van der Waals surface area contributed by atoms with Crippen LogP contribution in [-0.4, -0.2) is 50.5 Å². The van der Waals surface area contributed by atoms with Crippen molar-refractivity contribution in [3.05, 3.63) is 29.3 Å². The molecule has 1 unspecified atom stereocenters. The zero-order valence-electron chi connectivity index (χ0n) is 15.3. The average molecular weight is 366 g/mol. The van der Waals surface area contributed by atoms with Gasteiger partial charge in [-0.3, -0.25) is 4.79 Å². The number of benzene rings is 1. The molecular weight excluding hydrogens is 338 g/mol. The van der Waals surface area contributed by atoms with Gasteiger partial charge in [0.2, 0.25) is 12.3 Å². The van der Waals surface area contributed by atoms with E-state index in [-0.39, 0.29) is 30.6 Å². The van der Waals surface area contributed by atoms with Crippen LogP contribution in [0.25, 0.3) is 0 Å². The highest BCUT2D eigenvalue weighted by molar-refractivity contribution is 5.81. The monoisotopic (exact) mass is 366 g/mol. The molecule has 1 aromatic carbocycles. The van der Waals surface area contributed by atoms with Crippen molar-refractivity contribution in [2.24, 2.45) is 5.92 Å². The normalized spacial score (nSPS) is 23.5. The van der Waals surface area contributed by atoms with Crippen molar-refractivity contribution in [2.75, 3.05) is 33.3 Å². The number of likely N-dealkylation sites (tertiary alicyclic amines) is 1. The van der Waals surface area contributed by atoms with Crippen LogP contribution in [-0.2, 0) is 11.2 Å². The lowest BCUT2D eigenvalue weighted by Gasteiger charge is -2.31. The summed E-state index contributed by atoms with van der Waals surface area (Å²) in [6.07, 6.45) is 1.03. The molecule has 0 bridgehead atoms. The van der Waals surface area contributed by atoms with Crippen LogP contribution in [0.4, 0.5) is 8.78 Å². The first-order chi connectivity index (χ1) is 12.6. The van der Waals surface area contributed by atoms with E-state index in [4.69, 9.17) is 4.74 Å². The van der Waals surface area contributed by atoms with Gasteiger partial charge in [-0.15, -0.1) is 0 Å². The number of amides is 1. The Morgan fingerprint density at radius 1 is 1.27 bits per heavy atom. The van der Waals surface area contributed by atoms with Crippen LogP contribution in [0, 0.1) is 5.92 Å². The molecule has 1 aromatic rings. The molecule has 4 nitrogen and oxygen atoms in total. The van der Waals surface area contributed by atoms with Gasteiger partial charge in [-0.2, -0.15) is 0 Å². The van der Waals surface area contributed by atoms with Crippen LogP contribution in [0.2, 0.25) is 0 Å². The van der Waals surface area contributed by atoms with Gasteiger partial charge in [-0.25, -0.2) is 8.78 Å². The number of rotatable bonds is 6. The Morgan fingerprint density at radius 2 is 2.04 bits per heavy atom. The van der Waals surface area contributed by atoms with Gasteiger partial charge < -0.3 is 15.0 Å². The van der Waals surface area contributed by atoms with Crippen molar-refractivity contribution in [3.63, 3.8) is 0 Å². The number of nitrogens with zero attached hydrogens (tertiary/aromatic N) is 1. The molecule has 144 valence electrons. The second-order valence-corrected chi connectivity index (χ2v) is 7.21. The molecule has 0 spiro atoms. The smallest absolute Gasteiger partial charge is 0.239 e. The average Bonchev–Trinajstić information content (AvgIpc) is 3.15. The number of halogens is 2. The highest BCUT2D eigenvalue weighted by atomic mass is 19.3. The maximum absolute atomic E-state index is 13.1. The van der Waals surface area contributed by atoms with Crippen molar-refractivity contribution >= 4 is 5.91 Å². The molecule has 26 heavy (non-hydrogen) atoms. The summed E-state index contributed by atoms with van der Waals surface area (Å²) >= 11 is 0. The van der Waals surface area contributed by atoms with Crippen molar-refractivity contribution in [2.45, 2.75) is 44.4 Å². The van der Waals surface area contributed by atoms with Crippen LogP contribution >= 0.6 is 0 Å². The van der Waals surface area contributed by atoms with Crippen LogP contribution < -0.4 is 10.1 Å². The van der Waals surface area contributed by atoms with Gasteiger partial charge in [0.05, 0.1) is 13.0 Å². The summed E-state index contributed by atoms with van der Waals surface area (Å²) in [7, 11) is 1.56. The third-order valence-corrected chi connectivity index (χ3v) is 5.60. The van der Waals surface area contributed by atoms with Gasteiger partial charge in [0.1, 0.15) is 5.75 Å². The Balaban J connectivity index is 1.85. The van der Waals surface area contributed by atoms with Crippen molar-refractivity contribution < 1.29 is 18.3 Å². The standard InChI is InChI=1S/C20H28F2N2O2/c1-26-18-7-5-6-14(15(18)8-9-19(21)22)16-12-23-13-17(16)20(25)24-10-3-2-4-11-24/h5-7,16-17,19,23H,2-4,8-13H2,1H3/t16-,17?/m0/s1. The lowest BCUT2D eigenvalue weighted by atomic mass is 9.83. The first-order valence-electron chi connectivity index (χ1n) is 9.55. The Labute approximate surface area is 153 Å². The molecule has 2 heterocycles. The van der Waals surface area contributed by atoms with E-state index >= 15 is 0 Å². The minimum Gasteiger partial charge on any atom is -0.496 e. The number of hydrogen-bond acceptors (Lipinski definition) is 3. The van der Waals surface area contributed by atoms with E-state index in [2.05, 4.69) is 5.32 Å². The second kappa shape index (κ2) is 8.80. The maximum atomic E-state index is 13.1. The number of carbonyl (C=O) groups excluding carboxylic acids is 1. The molecule has 3 rings (SSSR count). The summed E-state index contributed by atoms with van der Waals surface area (Å²) in [6.45, 7) is 3.00. The minimum atomic E-state index is -2.35. The number of ether oxygens (including phenoxy) is 1.